The molecule has 1 saturated carbocycles. The normalized spacial score (nSPS) is 27.5. The number of carbonyl (C=O) groups is 1. The molecule has 5 heteroatoms. The van der Waals surface area contributed by atoms with Crippen LogP contribution >= 0.6 is 0 Å². The molecule has 5 rings (SSSR count). The molecular formula is C23H25N3O2. The zero-order valence-electron chi connectivity index (χ0n) is 15.9. The summed E-state index contributed by atoms with van der Waals surface area (Å²) in [7, 11) is 0. The summed E-state index contributed by atoms with van der Waals surface area (Å²) in [4.78, 5) is 19.6. The molecule has 3 atom stereocenters. The minimum Gasteiger partial charge on any atom is -0.385 e. The number of rotatable bonds is 2. The van der Waals surface area contributed by atoms with E-state index in [1.807, 2.05) is 64.2 Å². The smallest absolute Gasteiger partial charge is 0.255 e. The maximum Gasteiger partial charge on any atom is 0.255 e. The van der Waals surface area contributed by atoms with Gasteiger partial charge >= 0.3 is 0 Å². The van der Waals surface area contributed by atoms with Gasteiger partial charge in [0.05, 0.1) is 11.2 Å². The molecule has 1 aliphatic carbocycles. The van der Waals surface area contributed by atoms with Gasteiger partial charge in [0.25, 0.3) is 5.91 Å². The monoisotopic (exact) mass is 375 g/mol. The van der Waals surface area contributed by atoms with Crippen LogP contribution in [0.4, 0.5) is 0 Å². The van der Waals surface area contributed by atoms with Gasteiger partial charge in [-0.15, -0.1) is 0 Å². The summed E-state index contributed by atoms with van der Waals surface area (Å²) in [6.07, 6.45) is 10.2. The highest BCUT2D eigenvalue weighted by molar-refractivity contribution is 5.94. The molecule has 1 aliphatic heterocycles. The van der Waals surface area contributed by atoms with Gasteiger partial charge in [0.1, 0.15) is 5.65 Å². The van der Waals surface area contributed by atoms with Crippen LogP contribution in [0.5, 0.6) is 0 Å². The Morgan fingerprint density at radius 3 is 2.79 bits per heavy atom. The molecule has 0 radical (unpaired) electrons. The minimum atomic E-state index is -0.850. The quantitative estimate of drug-likeness (QED) is 0.744. The first-order chi connectivity index (χ1) is 13.7. The van der Waals surface area contributed by atoms with Crippen LogP contribution in [-0.4, -0.2) is 37.9 Å². The van der Waals surface area contributed by atoms with Crippen molar-refractivity contribution < 1.29 is 9.90 Å². The largest absolute Gasteiger partial charge is 0.385 e. The standard InChI is InChI=1S/C23H25N3O2/c27-22(17-10-11-21-24-13-15-25(21)16-17)26-14-12-23(28,18-6-2-1-3-7-18)19-8-4-5-9-20(19)26/h1-3,6-7,10-11,13,15-16,19-20,28H,4-5,8-9,12,14H2. The van der Waals surface area contributed by atoms with Crippen LogP contribution in [0.15, 0.2) is 61.1 Å². The summed E-state index contributed by atoms with van der Waals surface area (Å²) in [6.45, 7) is 0.577. The number of fused-ring (bicyclic) bond motifs is 2. The summed E-state index contributed by atoms with van der Waals surface area (Å²) < 4.78 is 1.88. The van der Waals surface area contributed by atoms with Crippen molar-refractivity contribution in [1.82, 2.24) is 14.3 Å². The molecule has 3 aromatic rings. The molecule has 1 N–H and O–H groups in total. The van der Waals surface area contributed by atoms with Crippen molar-refractivity contribution in [2.75, 3.05) is 6.54 Å². The van der Waals surface area contributed by atoms with Crippen molar-refractivity contribution >= 4 is 11.6 Å². The second-order valence-corrected chi connectivity index (χ2v) is 8.11. The molecule has 5 nitrogen and oxygen atoms in total. The molecule has 144 valence electrons. The van der Waals surface area contributed by atoms with Gasteiger partial charge in [0.15, 0.2) is 0 Å². The van der Waals surface area contributed by atoms with Crippen LogP contribution in [-0.2, 0) is 5.60 Å². The van der Waals surface area contributed by atoms with E-state index in [-0.39, 0.29) is 17.9 Å². The number of imidazole rings is 1. The Bertz CT molecular complexity index is 999. The zero-order chi connectivity index (χ0) is 19.1. The van der Waals surface area contributed by atoms with E-state index in [0.29, 0.717) is 18.5 Å². The molecule has 2 aromatic heterocycles. The van der Waals surface area contributed by atoms with Crippen molar-refractivity contribution in [3.8, 4) is 0 Å². The number of hydrogen-bond acceptors (Lipinski definition) is 3. The number of pyridine rings is 1. The van der Waals surface area contributed by atoms with Gasteiger partial charge in [0.2, 0.25) is 0 Å². The molecule has 1 saturated heterocycles. The SMILES string of the molecule is O=C(c1ccc2nccn2c1)N1CCC(O)(c2ccccc2)C2CCCCC21. The highest BCUT2D eigenvalue weighted by atomic mass is 16.3. The van der Waals surface area contributed by atoms with Crippen LogP contribution in [0.2, 0.25) is 0 Å². The lowest BCUT2D eigenvalue weighted by Crippen LogP contribution is -2.59. The van der Waals surface area contributed by atoms with E-state index in [9.17, 15) is 9.90 Å². The number of carbonyl (C=O) groups excluding carboxylic acids is 1. The Morgan fingerprint density at radius 2 is 1.93 bits per heavy atom. The van der Waals surface area contributed by atoms with Gasteiger partial charge in [-0.2, -0.15) is 0 Å². The third-order valence-electron chi connectivity index (χ3n) is 6.65. The Kier molecular flexibility index (Phi) is 4.20. The topological polar surface area (TPSA) is 57.8 Å². The van der Waals surface area contributed by atoms with Crippen LogP contribution < -0.4 is 0 Å². The van der Waals surface area contributed by atoms with Gasteiger partial charge in [-0.05, 0) is 37.0 Å². The van der Waals surface area contributed by atoms with Crippen LogP contribution in [0.1, 0.15) is 48.0 Å². The summed E-state index contributed by atoms with van der Waals surface area (Å²) in [5, 5.41) is 11.7. The Labute approximate surface area is 164 Å². The first kappa shape index (κ1) is 17.4. The highest BCUT2D eigenvalue weighted by Crippen LogP contribution is 2.47. The molecule has 2 aliphatic rings. The van der Waals surface area contributed by atoms with Gasteiger partial charge in [-0.3, -0.25) is 4.79 Å². The van der Waals surface area contributed by atoms with Gasteiger partial charge in [0, 0.05) is 37.1 Å². The van der Waals surface area contributed by atoms with E-state index in [1.54, 1.807) is 6.20 Å². The molecule has 0 spiro atoms. The lowest BCUT2D eigenvalue weighted by atomic mass is 9.66. The predicted molar refractivity (Wildman–Crippen MR) is 107 cm³/mol. The lowest BCUT2D eigenvalue weighted by molar-refractivity contribution is -0.110. The highest BCUT2D eigenvalue weighted by Gasteiger charge is 2.50. The third kappa shape index (κ3) is 2.73. The number of aliphatic hydroxyl groups is 1. The molecule has 2 fully saturated rings. The minimum absolute atomic E-state index is 0.0580. The van der Waals surface area contributed by atoms with Crippen molar-refractivity contribution in [3.63, 3.8) is 0 Å². The van der Waals surface area contributed by atoms with Crippen molar-refractivity contribution in [3.05, 3.63) is 72.2 Å². The fourth-order valence-corrected chi connectivity index (χ4v) is 5.23. The Morgan fingerprint density at radius 1 is 1.11 bits per heavy atom. The number of benzene rings is 1. The van der Waals surface area contributed by atoms with Gasteiger partial charge in [-0.25, -0.2) is 4.98 Å². The summed E-state index contributed by atoms with van der Waals surface area (Å²) in [5.74, 6) is 0.140. The lowest BCUT2D eigenvalue weighted by Gasteiger charge is -2.52. The van der Waals surface area contributed by atoms with Gasteiger partial charge < -0.3 is 14.4 Å². The van der Waals surface area contributed by atoms with E-state index in [0.717, 1.165) is 36.9 Å². The first-order valence-electron chi connectivity index (χ1n) is 10.2. The van der Waals surface area contributed by atoms with Crippen LogP contribution in [0.25, 0.3) is 5.65 Å². The van der Waals surface area contributed by atoms with Crippen LogP contribution in [0, 0.1) is 5.92 Å². The molecular weight excluding hydrogens is 350 g/mol. The third-order valence-corrected chi connectivity index (χ3v) is 6.65. The van der Waals surface area contributed by atoms with Crippen molar-refractivity contribution in [1.29, 1.82) is 0 Å². The maximum absolute atomic E-state index is 13.4. The van der Waals surface area contributed by atoms with E-state index in [1.165, 1.54) is 0 Å². The number of amides is 1. The predicted octanol–water partition coefficient (Wildman–Crippen LogP) is 3.63. The Balaban J connectivity index is 1.47. The first-order valence-corrected chi connectivity index (χ1v) is 10.2. The van der Waals surface area contributed by atoms with Crippen molar-refractivity contribution in [2.24, 2.45) is 5.92 Å². The maximum atomic E-state index is 13.4. The second-order valence-electron chi connectivity index (χ2n) is 8.11. The molecule has 3 unspecified atom stereocenters. The molecule has 1 aromatic carbocycles. The molecule has 3 heterocycles. The number of aromatic nitrogens is 2. The summed E-state index contributed by atoms with van der Waals surface area (Å²) >= 11 is 0. The molecule has 0 bridgehead atoms. The van der Waals surface area contributed by atoms with E-state index in [4.69, 9.17) is 0 Å². The van der Waals surface area contributed by atoms with Crippen molar-refractivity contribution in [2.45, 2.75) is 43.7 Å². The molecule has 28 heavy (non-hydrogen) atoms. The average molecular weight is 375 g/mol. The van der Waals surface area contributed by atoms with Crippen LogP contribution in [0.3, 0.4) is 0 Å². The average Bonchev–Trinajstić information content (AvgIpc) is 3.22. The Hall–Kier alpha value is -2.66. The fraction of sp³-hybridized carbons (Fsp3) is 0.391. The summed E-state index contributed by atoms with van der Waals surface area (Å²) in [6, 6.07) is 13.8. The number of nitrogens with zero attached hydrogens (tertiary/aromatic N) is 3. The zero-order valence-corrected chi connectivity index (χ0v) is 15.9. The van der Waals surface area contributed by atoms with E-state index >= 15 is 0 Å². The second kappa shape index (κ2) is 6.74. The number of likely N-dealkylation sites (tertiary alicyclic amines) is 1. The van der Waals surface area contributed by atoms with E-state index < -0.39 is 5.60 Å². The molecule has 1 amide bonds. The number of piperidine rings is 1. The van der Waals surface area contributed by atoms with E-state index in [2.05, 4.69) is 4.98 Å². The fourth-order valence-electron chi connectivity index (χ4n) is 5.23. The van der Waals surface area contributed by atoms with Gasteiger partial charge in [-0.1, -0.05) is 43.2 Å². The number of hydrogen-bond donors (Lipinski definition) is 1. The summed E-state index contributed by atoms with van der Waals surface area (Å²) in [5.41, 5.74) is 1.65.